The molecule has 5 heterocycles. The monoisotopic (exact) mass is 918 g/mol. The van der Waals surface area contributed by atoms with Crippen LogP contribution in [0.3, 0.4) is 0 Å². The molecular formula is C52H50N6O10. The molecule has 4 atom stereocenters. The Kier molecular flexibility index (Phi) is 11.8. The third kappa shape index (κ3) is 8.24. The Morgan fingerprint density at radius 2 is 1.40 bits per heavy atom. The van der Waals surface area contributed by atoms with Crippen LogP contribution < -0.4 is 28.7 Å². The zero-order valence-corrected chi connectivity index (χ0v) is 38.2. The maximum atomic E-state index is 14.2. The zero-order chi connectivity index (χ0) is 47.2. The average Bonchev–Trinajstić information content (AvgIpc) is 3.96. The lowest BCUT2D eigenvalue weighted by Crippen LogP contribution is -2.44. The third-order valence-corrected chi connectivity index (χ3v) is 13.3. The second kappa shape index (κ2) is 18.1. The minimum atomic E-state index is -0.674. The summed E-state index contributed by atoms with van der Waals surface area (Å²) in [5.74, 6) is -0.267. The second-order valence-corrected chi connectivity index (χ2v) is 17.7. The molecule has 4 aromatic rings. The topological polar surface area (TPSA) is 169 Å². The van der Waals surface area contributed by atoms with Gasteiger partial charge in [-0.1, -0.05) is 43.4 Å². The van der Waals surface area contributed by atoms with Gasteiger partial charge in [0.25, 0.3) is 23.6 Å². The van der Waals surface area contributed by atoms with Crippen LogP contribution >= 0.6 is 0 Å². The minimum absolute atomic E-state index is 0.0189. The molecule has 0 saturated carbocycles. The van der Waals surface area contributed by atoms with E-state index >= 15 is 0 Å². The van der Waals surface area contributed by atoms with Crippen molar-refractivity contribution >= 4 is 64.8 Å². The van der Waals surface area contributed by atoms with E-state index in [1.807, 2.05) is 71.7 Å². The standard InChI is InChI=1S/C52H50N6O10/c1-30-9-7-11-34-21-37-27-54-41-25-46(44(65-4)23-39(41)52(63)57(37)50(30)34)67-29-32-17-31(18-35(19-32)55(2)16-8-13-49(61)68-58-47(59)14-15-48(58)60)28-66-45-24-40-38(22-43(45)64-3)51(62)56-36(26-53-40)20-33-10-5-6-12-42(33)56/h5-7,9-12,17-19,22-27,30,36-37,50H,8,13-16,20-21,28-29H2,1-4H3/t30?,36-,37-,50?/m0/s1. The van der Waals surface area contributed by atoms with Crippen molar-refractivity contribution < 1.29 is 47.8 Å². The van der Waals surface area contributed by atoms with Gasteiger partial charge in [-0.05, 0) is 77.4 Å². The van der Waals surface area contributed by atoms with Gasteiger partial charge in [-0.15, -0.1) is 5.06 Å². The number of para-hydroxylation sites is 1. The van der Waals surface area contributed by atoms with Gasteiger partial charge in [-0.2, -0.15) is 0 Å². The molecule has 16 nitrogen and oxygen atoms in total. The van der Waals surface area contributed by atoms with Crippen LogP contribution in [-0.4, -0.2) is 97.9 Å². The number of imide groups is 1. The lowest BCUT2D eigenvalue weighted by molar-refractivity contribution is -0.197. The number of carbonyl (C=O) groups is 5. The van der Waals surface area contributed by atoms with Crippen LogP contribution in [0.2, 0.25) is 0 Å². The number of nitrogens with zero attached hydrogens (tertiary/aromatic N) is 6. The number of methoxy groups -OCH3 is 2. The predicted octanol–water partition coefficient (Wildman–Crippen LogP) is 7.40. The molecule has 10 rings (SSSR count). The highest BCUT2D eigenvalue weighted by molar-refractivity contribution is 6.15. The first kappa shape index (κ1) is 44.1. The van der Waals surface area contributed by atoms with Crippen molar-refractivity contribution in [2.45, 2.75) is 76.8 Å². The molecule has 68 heavy (non-hydrogen) atoms. The Balaban J connectivity index is 0.895. The van der Waals surface area contributed by atoms with Gasteiger partial charge >= 0.3 is 5.97 Å². The van der Waals surface area contributed by atoms with Crippen molar-refractivity contribution in [1.29, 1.82) is 0 Å². The van der Waals surface area contributed by atoms with Crippen molar-refractivity contribution in [2.24, 2.45) is 15.9 Å². The van der Waals surface area contributed by atoms with Gasteiger partial charge in [0.1, 0.15) is 13.2 Å². The molecule has 2 saturated heterocycles. The van der Waals surface area contributed by atoms with Crippen LogP contribution in [0.15, 0.2) is 101 Å². The van der Waals surface area contributed by atoms with Crippen molar-refractivity contribution in [1.82, 2.24) is 9.96 Å². The van der Waals surface area contributed by atoms with Crippen LogP contribution in [0.4, 0.5) is 22.7 Å². The SMILES string of the molecule is COc1cc2c(cc1OCc1cc(COc3cc4c(cc3OC)C(=O)N3C5C(=CC=CC5C)C[C@H]3C=N4)cc(N(C)CCCC(=O)ON3C(=O)CCC3=O)c1)N=C[C@@H]1Cc3ccccc3N1C2=O. The van der Waals surface area contributed by atoms with E-state index in [9.17, 15) is 24.0 Å². The highest BCUT2D eigenvalue weighted by atomic mass is 16.7. The van der Waals surface area contributed by atoms with Gasteiger partial charge in [0.2, 0.25) is 0 Å². The van der Waals surface area contributed by atoms with Gasteiger partial charge in [-0.25, -0.2) is 4.79 Å². The van der Waals surface area contributed by atoms with Crippen molar-refractivity contribution in [3.63, 3.8) is 0 Å². The minimum Gasteiger partial charge on any atom is -0.493 e. The number of benzene rings is 4. The van der Waals surface area contributed by atoms with E-state index in [2.05, 4.69) is 25.2 Å². The average molecular weight is 919 g/mol. The first-order valence-electron chi connectivity index (χ1n) is 22.8. The molecule has 0 radical (unpaired) electrons. The summed E-state index contributed by atoms with van der Waals surface area (Å²) in [6.45, 7) is 2.74. The Hall–Kier alpha value is -7.75. The number of rotatable bonds is 14. The molecule has 4 amide bonds. The molecule has 0 bridgehead atoms. The number of hydrogen-bond acceptors (Lipinski definition) is 13. The van der Waals surface area contributed by atoms with E-state index in [4.69, 9.17) is 33.8 Å². The van der Waals surface area contributed by atoms with Crippen LogP contribution in [0.1, 0.15) is 76.4 Å². The fraction of sp³-hybridized carbons (Fsp3) is 0.327. The molecule has 6 aliphatic rings. The first-order valence-corrected chi connectivity index (χ1v) is 22.8. The first-order chi connectivity index (χ1) is 33.0. The molecule has 16 heteroatoms. The lowest BCUT2D eigenvalue weighted by atomic mass is 9.90. The van der Waals surface area contributed by atoms with E-state index in [0.29, 0.717) is 69.9 Å². The summed E-state index contributed by atoms with van der Waals surface area (Å²) in [4.78, 5) is 85.2. The molecular weight excluding hydrogens is 869 g/mol. The molecule has 4 aromatic carbocycles. The lowest BCUT2D eigenvalue weighted by Gasteiger charge is -2.32. The second-order valence-electron chi connectivity index (χ2n) is 17.7. The van der Waals surface area contributed by atoms with Gasteiger partial charge < -0.3 is 33.6 Å². The number of anilines is 2. The summed E-state index contributed by atoms with van der Waals surface area (Å²) < 4.78 is 24.5. The maximum Gasteiger partial charge on any atom is 0.333 e. The van der Waals surface area contributed by atoms with Crippen molar-refractivity contribution in [3.8, 4) is 23.0 Å². The molecule has 1 aliphatic carbocycles. The number of amides is 4. The van der Waals surface area contributed by atoms with E-state index in [-0.39, 0.29) is 68.3 Å². The van der Waals surface area contributed by atoms with Crippen LogP contribution in [0, 0.1) is 5.92 Å². The Labute approximate surface area is 393 Å². The number of hydroxylamine groups is 2. The van der Waals surface area contributed by atoms with E-state index in [1.54, 1.807) is 29.2 Å². The summed E-state index contributed by atoms with van der Waals surface area (Å²) in [6, 6.07) is 20.2. The number of allylic oxidation sites excluding steroid dienone is 2. The molecule has 0 N–H and O–H groups in total. The number of fused-ring (bicyclic) bond motifs is 8. The molecule has 2 fully saturated rings. The quantitative estimate of drug-likeness (QED) is 0.116. The van der Waals surface area contributed by atoms with Gasteiger partial charge in [0, 0.05) is 75.2 Å². The Bertz CT molecular complexity index is 2870. The fourth-order valence-electron chi connectivity index (χ4n) is 9.91. The Morgan fingerprint density at radius 3 is 2.06 bits per heavy atom. The zero-order valence-electron chi connectivity index (χ0n) is 38.2. The smallest absolute Gasteiger partial charge is 0.333 e. The number of aliphatic imine (C=N–C) groups is 2. The molecule has 0 spiro atoms. The van der Waals surface area contributed by atoms with Gasteiger partial charge in [0.15, 0.2) is 23.0 Å². The maximum absolute atomic E-state index is 14.2. The summed E-state index contributed by atoms with van der Waals surface area (Å²) in [7, 11) is 4.95. The Morgan fingerprint density at radius 1 is 0.765 bits per heavy atom. The number of carbonyl (C=O) groups excluding carboxylic acids is 5. The molecule has 0 aromatic heterocycles. The molecule has 5 aliphatic heterocycles. The van der Waals surface area contributed by atoms with Gasteiger partial charge in [0.05, 0.1) is 54.8 Å². The van der Waals surface area contributed by atoms with E-state index < -0.39 is 17.8 Å². The van der Waals surface area contributed by atoms with Crippen LogP contribution in [0.5, 0.6) is 23.0 Å². The highest BCUT2D eigenvalue weighted by Gasteiger charge is 2.44. The van der Waals surface area contributed by atoms with Crippen molar-refractivity contribution in [2.75, 3.05) is 37.6 Å². The summed E-state index contributed by atoms with van der Waals surface area (Å²) in [5.41, 5.74) is 7.34. The van der Waals surface area contributed by atoms with Gasteiger partial charge in [-0.3, -0.25) is 34.1 Å². The number of ether oxygens (including phenoxy) is 4. The number of hydrogen-bond donors (Lipinski definition) is 0. The van der Waals surface area contributed by atoms with Crippen molar-refractivity contribution in [3.05, 3.63) is 118 Å². The summed E-state index contributed by atoms with van der Waals surface area (Å²) in [6.07, 6.45) is 11.7. The third-order valence-electron chi connectivity index (χ3n) is 13.3. The van der Waals surface area contributed by atoms with E-state index in [1.165, 1.54) is 19.8 Å². The normalized spacial score (nSPS) is 20.7. The molecule has 2 unspecified atom stereocenters. The van der Waals surface area contributed by atoms with E-state index in [0.717, 1.165) is 34.5 Å². The summed E-state index contributed by atoms with van der Waals surface area (Å²) in [5, 5.41) is 0.557. The molecule has 348 valence electrons. The van der Waals surface area contributed by atoms with Crippen LogP contribution in [0.25, 0.3) is 0 Å². The predicted molar refractivity (Wildman–Crippen MR) is 253 cm³/mol. The highest BCUT2D eigenvalue weighted by Crippen LogP contribution is 2.44. The van der Waals surface area contributed by atoms with Crippen LogP contribution in [-0.2, 0) is 38.9 Å². The largest absolute Gasteiger partial charge is 0.493 e. The fourth-order valence-corrected chi connectivity index (χ4v) is 9.91. The summed E-state index contributed by atoms with van der Waals surface area (Å²) >= 11 is 0.